The molecule has 0 radical (unpaired) electrons. The molecule has 3 aromatic rings. The molecule has 0 spiro atoms. The first kappa shape index (κ1) is 19.7. The third-order valence-electron chi connectivity index (χ3n) is 3.92. The number of nitrogens with zero attached hydrogens (tertiary/aromatic N) is 4. The Hall–Kier alpha value is -2.08. The molecular weight excluding hydrogens is 396 g/mol. The molecule has 1 heterocycles. The van der Waals surface area contributed by atoms with E-state index in [2.05, 4.69) is 46.6 Å². The molecule has 0 aliphatic heterocycles. The summed E-state index contributed by atoms with van der Waals surface area (Å²) in [4.78, 5) is 13.6. The van der Waals surface area contributed by atoms with Crippen LogP contribution in [0.25, 0.3) is 10.8 Å². The Balaban J connectivity index is 1.54. The largest absolute Gasteiger partial charge is 0.344 e. The number of aromatic nitrogens is 2. The molecule has 138 valence electrons. The molecule has 0 atom stereocenters. The van der Waals surface area contributed by atoms with E-state index in [0.717, 1.165) is 14.4 Å². The number of carbonyl (C=O) groups is 1. The number of nitriles is 1. The standard InChI is InChI=1S/C19H18N4OS3/c1-23(11-5-10-20)17(24)13-26-19-22-21-18(27-19)25-12-15-8-4-7-14-6-2-3-9-16(14)15/h2-4,6-9H,5,11-13H2,1H3. The maximum atomic E-state index is 12.0. The highest BCUT2D eigenvalue weighted by Crippen LogP contribution is 2.32. The maximum Gasteiger partial charge on any atom is 0.232 e. The van der Waals surface area contributed by atoms with Crippen molar-refractivity contribution >= 4 is 51.5 Å². The van der Waals surface area contributed by atoms with Gasteiger partial charge in [0.1, 0.15) is 0 Å². The second-order valence-electron chi connectivity index (χ2n) is 5.77. The molecule has 0 saturated heterocycles. The van der Waals surface area contributed by atoms with Crippen LogP contribution in [0.1, 0.15) is 12.0 Å². The van der Waals surface area contributed by atoms with Gasteiger partial charge in [-0.2, -0.15) is 5.26 Å². The van der Waals surface area contributed by atoms with Crippen LogP contribution in [0.5, 0.6) is 0 Å². The molecule has 0 bridgehead atoms. The van der Waals surface area contributed by atoms with Crippen molar-refractivity contribution in [2.45, 2.75) is 20.9 Å². The topological polar surface area (TPSA) is 69.9 Å². The highest BCUT2D eigenvalue weighted by Gasteiger charge is 2.12. The van der Waals surface area contributed by atoms with Crippen molar-refractivity contribution in [3.63, 3.8) is 0 Å². The first-order valence-corrected chi connectivity index (χ1v) is 11.1. The van der Waals surface area contributed by atoms with Gasteiger partial charge in [-0.1, -0.05) is 77.3 Å². The van der Waals surface area contributed by atoms with E-state index >= 15 is 0 Å². The Morgan fingerprint density at radius 2 is 1.89 bits per heavy atom. The van der Waals surface area contributed by atoms with Crippen LogP contribution < -0.4 is 0 Å². The normalized spacial score (nSPS) is 10.7. The Labute approximate surface area is 170 Å². The van der Waals surface area contributed by atoms with Gasteiger partial charge in [0.2, 0.25) is 5.91 Å². The number of rotatable bonds is 8. The number of amides is 1. The lowest BCUT2D eigenvalue weighted by Crippen LogP contribution is -2.29. The van der Waals surface area contributed by atoms with E-state index in [9.17, 15) is 4.79 Å². The van der Waals surface area contributed by atoms with Gasteiger partial charge in [0.25, 0.3) is 0 Å². The summed E-state index contributed by atoms with van der Waals surface area (Å²) in [6.07, 6.45) is 0.348. The monoisotopic (exact) mass is 414 g/mol. The molecule has 0 fully saturated rings. The molecule has 2 aromatic carbocycles. The Kier molecular flexibility index (Phi) is 7.10. The van der Waals surface area contributed by atoms with Crippen molar-refractivity contribution in [2.24, 2.45) is 0 Å². The molecule has 5 nitrogen and oxygen atoms in total. The molecule has 8 heteroatoms. The van der Waals surface area contributed by atoms with Crippen molar-refractivity contribution in [1.29, 1.82) is 5.26 Å². The second kappa shape index (κ2) is 9.74. The van der Waals surface area contributed by atoms with Crippen LogP contribution in [0, 0.1) is 11.3 Å². The van der Waals surface area contributed by atoms with Crippen LogP contribution in [0.2, 0.25) is 0 Å². The smallest absolute Gasteiger partial charge is 0.232 e. The van der Waals surface area contributed by atoms with Gasteiger partial charge < -0.3 is 4.90 Å². The number of benzene rings is 2. The average Bonchev–Trinajstić information content (AvgIpc) is 3.16. The summed E-state index contributed by atoms with van der Waals surface area (Å²) in [5.41, 5.74) is 1.27. The summed E-state index contributed by atoms with van der Waals surface area (Å²) in [7, 11) is 1.71. The SMILES string of the molecule is CN(CCC#N)C(=O)CSc1nnc(SCc2cccc3ccccc23)s1. The predicted octanol–water partition coefficient (Wildman–Crippen LogP) is 4.45. The Bertz CT molecular complexity index is 961. The van der Waals surface area contributed by atoms with Crippen LogP contribution in [0.15, 0.2) is 51.1 Å². The van der Waals surface area contributed by atoms with E-state index in [1.165, 1.54) is 39.4 Å². The first-order chi connectivity index (χ1) is 13.2. The van der Waals surface area contributed by atoms with Crippen LogP contribution in [0.3, 0.4) is 0 Å². The van der Waals surface area contributed by atoms with Crippen molar-refractivity contribution in [1.82, 2.24) is 15.1 Å². The molecule has 0 N–H and O–H groups in total. The zero-order valence-corrected chi connectivity index (χ0v) is 17.2. The number of hydrogen-bond acceptors (Lipinski definition) is 7. The van der Waals surface area contributed by atoms with Gasteiger partial charge in [-0.05, 0) is 16.3 Å². The van der Waals surface area contributed by atoms with Gasteiger partial charge in [-0.3, -0.25) is 4.79 Å². The first-order valence-electron chi connectivity index (χ1n) is 8.34. The number of carbonyl (C=O) groups excluding carboxylic acids is 1. The minimum atomic E-state index is -0.00425. The van der Waals surface area contributed by atoms with E-state index in [-0.39, 0.29) is 5.91 Å². The predicted molar refractivity (Wildman–Crippen MR) is 112 cm³/mol. The highest BCUT2D eigenvalue weighted by atomic mass is 32.2. The summed E-state index contributed by atoms with van der Waals surface area (Å²) >= 11 is 4.56. The van der Waals surface area contributed by atoms with Crippen LogP contribution in [0.4, 0.5) is 0 Å². The molecule has 1 amide bonds. The van der Waals surface area contributed by atoms with Gasteiger partial charge in [0.15, 0.2) is 8.68 Å². The molecule has 0 aliphatic rings. The minimum Gasteiger partial charge on any atom is -0.344 e. The Morgan fingerprint density at radius 1 is 1.15 bits per heavy atom. The van der Waals surface area contributed by atoms with Gasteiger partial charge in [0.05, 0.1) is 18.2 Å². The molecule has 1 aromatic heterocycles. The van der Waals surface area contributed by atoms with Crippen molar-refractivity contribution in [3.05, 3.63) is 48.0 Å². The van der Waals surface area contributed by atoms with Crippen LogP contribution >= 0.6 is 34.9 Å². The summed E-state index contributed by atoms with van der Waals surface area (Å²) in [6, 6.07) is 16.7. The summed E-state index contributed by atoms with van der Waals surface area (Å²) < 4.78 is 1.69. The van der Waals surface area contributed by atoms with Crippen LogP contribution in [-0.4, -0.2) is 40.3 Å². The zero-order valence-electron chi connectivity index (χ0n) is 14.8. The third kappa shape index (κ3) is 5.45. The molecule has 3 rings (SSSR count). The quantitative estimate of drug-likeness (QED) is 0.507. The Morgan fingerprint density at radius 3 is 2.70 bits per heavy atom. The van der Waals surface area contributed by atoms with E-state index < -0.39 is 0 Å². The molecule has 27 heavy (non-hydrogen) atoms. The fourth-order valence-electron chi connectivity index (χ4n) is 2.45. The van der Waals surface area contributed by atoms with Gasteiger partial charge in [0, 0.05) is 19.3 Å². The van der Waals surface area contributed by atoms with Gasteiger partial charge in [-0.15, -0.1) is 10.2 Å². The molecular formula is C19H18N4OS3. The minimum absolute atomic E-state index is 0.00425. The second-order valence-corrected chi connectivity index (χ2v) is 9.20. The fraction of sp³-hybridized carbons (Fsp3) is 0.263. The number of fused-ring (bicyclic) bond motifs is 1. The lowest BCUT2D eigenvalue weighted by Gasteiger charge is -2.14. The average molecular weight is 415 g/mol. The van der Waals surface area contributed by atoms with Gasteiger partial charge >= 0.3 is 0 Å². The van der Waals surface area contributed by atoms with Crippen molar-refractivity contribution in [2.75, 3.05) is 19.3 Å². The third-order valence-corrected chi connectivity index (χ3v) is 7.15. The maximum absolute atomic E-state index is 12.0. The fourth-order valence-corrected chi connectivity index (χ4v) is 5.41. The zero-order chi connectivity index (χ0) is 19.1. The summed E-state index contributed by atoms with van der Waals surface area (Å²) in [5, 5.41) is 19.5. The van der Waals surface area contributed by atoms with Gasteiger partial charge in [-0.25, -0.2) is 0 Å². The number of thioether (sulfide) groups is 2. The van der Waals surface area contributed by atoms with E-state index in [1.807, 2.05) is 12.1 Å². The lowest BCUT2D eigenvalue weighted by atomic mass is 10.1. The summed E-state index contributed by atoms with van der Waals surface area (Å²) in [6.45, 7) is 0.456. The van der Waals surface area contributed by atoms with E-state index in [0.29, 0.717) is 18.7 Å². The molecule has 0 saturated carbocycles. The summed E-state index contributed by atoms with van der Waals surface area (Å²) in [5.74, 6) is 1.14. The molecule has 0 aliphatic carbocycles. The van der Waals surface area contributed by atoms with Crippen LogP contribution in [-0.2, 0) is 10.5 Å². The lowest BCUT2D eigenvalue weighted by molar-refractivity contribution is -0.127. The molecule has 0 unspecified atom stereocenters. The van der Waals surface area contributed by atoms with Crippen molar-refractivity contribution in [3.8, 4) is 6.07 Å². The van der Waals surface area contributed by atoms with E-state index in [1.54, 1.807) is 23.7 Å². The van der Waals surface area contributed by atoms with Crippen molar-refractivity contribution < 1.29 is 4.79 Å². The number of hydrogen-bond donors (Lipinski definition) is 0. The van der Waals surface area contributed by atoms with E-state index in [4.69, 9.17) is 5.26 Å². The highest BCUT2D eigenvalue weighted by molar-refractivity contribution is 8.03.